The van der Waals surface area contributed by atoms with Crippen LogP contribution in [0.5, 0.6) is 0 Å². The van der Waals surface area contributed by atoms with Crippen LogP contribution >= 0.6 is 0 Å². The van der Waals surface area contributed by atoms with Crippen LogP contribution in [0.4, 0.5) is 5.82 Å². The number of hydrogen-bond acceptors (Lipinski definition) is 5. The van der Waals surface area contributed by atoms with E-state index >= 15 is 0 Å². The standard InChI is InChI=1S/C17H20N2O3S/c1-3-14-6-9-17(18-10-14)19-11-15(12-19)22-23(20,21)16-7-4-13(2)5-8-16/h4-10,15H,3,11-12H2,1-2H3. The molecule has 0 saturated carbocycles. The minimum atomic E-state index is -3.70. The molecule has 1 aromatic heterocycles. The van der Waals surface area contributed by atoms with E-state index in [1.165, 1.54) is 5.56 Å². The van der Waals surface area contributed by atoms with E-state index in [0.29, 0.717) is 13.1 Å². The topological polar surface area (TPSA) is 59.5 Å². The van der Waals surface area contributed by atoms with Gasteiger partial charge in [-0.2, -0.15) is 8.42 Å². The van der Waals surface area contributed by atoms with Crippen LogP contribution in [0, 0.1) is 6.92 Å². The summed E-state index contributed by atoms with van der Waals surface area (Å²) in [4.78, 5) is 6.60. The Bertz CT molecular complexity index is 764. The second kappa shape index (κ2) is 6.29. The molecule has 1 fully saturated rings. The lowest BCUT2D eigenvalue weighted by Gasteiger charge is -2.39. The maximum atomic E-state index is 12.2. The first kappa shape index (κ1) is 16.0. The number of benzene rings is 1. The zero-order chi connectivity index (χ0) is 16.4. The lowest BCUT2D eigenvalue weighted by atomic mass is 10.1. The zero-order valence-electron chi connectivity index (χ0n) is 13.3. The summed E-state index contributed by atoms with van der Waals surface area (Å²) in [5.74, 6) is 0.856. The molecule has 1 aromatic carbocycles. The summed E-state index contributed by atoms with van der Waals surface area (Å²) in [6.07, 6.45) is 2.48. The SMILES string of the molecule is CCc1ccc(N2CC(OS(=O)(=O)c3ccc(C)cc3)C2)nc1. The molecule has 3 rings (SSSR count). The number of aromatic nitrogens is 1. The van der Waals surface area contributed by atoms with Crippen molar-refractivity contribution in [3.8, 4) is 0 Å². The first-order chi connectivity index (χ1) is 11.0. The normalized spacial score (nSPS) is 15.5. The second-order valence-electron chi connectivity index (χ2n) is 5.77. The molecule has 122 valence electrons. The third-order valence-electron chi connectivity index (χ3n) is 3.96. The molecule has 0 radical (unpaired) electrons. The van der Waals surface area contributed by atoms with Crippen molar-refractivity contribution < 1.29 is 12.6 Å². The number of nitrogens with zero attached hydrogens (tertiary/aromatic N) is 2. The number of anilines is 1. The van der Waals surface area contributed by atoms with Gasteiger partial charge in [-0.15, -0.1) is 0 Å². The van der Waals surface area contributed by atoms with E-state index in [-0.39, 0.29) is 11.0 Å². The van der Waals surface area contributed by atoms with Crippen molar-refractivity contribution >= 4 is 15.9 Å². The molecule has 1 aliphatic heterocycles. The van der Waals surface area contributed by atoms with Gasteiger partial charge < -0.3 is 4.90 Å². The highest BCUT2D eigenvalue weighted by Crippen LogP contribution is 2.24. The highest BCUT2D eigenvalue weighted by atomic mass is 32.2. The number of rotatable bonds is 5. The minimum absolute atomic E-state index is 0.201. The molecule has 0 amide bonds. The molecule has 0 N–H and O–H groups in total. The molecule has 0 bridgehead atoms. The Balaban J connectivity index is 1.60. The van der Waals surface area contributed by atoms with Crippen molar-refractivity contribution in [2.24, 2.45) is 0 Å². The zero-order valence-corrected chi connectivity index (χ0v) is 14.1. The molecule has 6 heteroatoms. The van der Waals surface area contributed by atoms with Crippen LogP contribution in [-0.4, -0.2) is 32.6 Å². The van der Waals surface area contributed by atoms with E-state index in [4.69, 9.17) is 4.18 Å². The summed E-state index contributed by atoms with van der Waals surface area (Å²) in [7, 11) is -3.70. The second-order valence-corrected chi connectivity index (χ2v) is 7.34. The highest BCUT2D eigenvalue weighted by molar-refractivity contribution is 7.86. The van der Waals surface area contributed by atoms with Crippen molar-refractivity contribution in [3.63, 3.8) is 0 Å². The lowest BCUT2D eigenvalue weighted by molar-refractivity contribution is 0.174. The Morgan fingerprint density at radius 3 is 2.43 bits per heavy atom. The van der Waals surface area contributed by atoms with E-state index in [2.05, 4.69) is 11.9 Å². The quantitative estimate of drug-likeness (QED) is 0.788. The summed E-state index contributed by atoms with van der Waals surface area (Å²) in [6.45, 7) is 5.06. The monoisotopic (exact) mass is 332 g/mol. The molecule has 5 nitrogen and oxygen atoms in total. The van der Waals surface area contributed by atoms with Gasteiger partial charge in [-0.3, -0.25) is 4.18 Å². The summed E-state index contributed by atoms with van der Waals surface area (Å²) >= 11 is 0. The first-order valence-corrected chi connectivity index (χ1v) is 9.08. The van der Waals surface area contributed by atoms with Crippen LogP contribution in [0.15, 0.2) is 47.5 Å². The molecule has 1 aliphatic rings. The van der Waals surface area contributed by atoms with E-state index in [9.17, 15) is 8.42 Å². The van der Waals surface area contributed by atoms with Crippen molar-refractivity contribution in [2.45, 2.75) is 31.3 Å². The average molecular weight is 332 g/mol. The fourth-order valence-corrected chi connectivity index (χ4v) is 3.50. The van der Waals surface area contributed by atoms with Gasteiger partial charge in [-0.1, -0.05) is 30.7 Å². The third kappa shape index (κ3) is 3.54. The van der Waals surface area contributed by atoms with Crippen LogP contribution in [0.2, 0.25) is 0 Å². The number of aryl methyl sites for hydroxylation is 2. The predicted octanol–water partition coefficient (Wildman–Crippen LogP) is 2.55. The Kier molecular flexibility index (Phi) is 4.37. The molecule has 0 aliphatic carbocycles. The van der Waals surface area contributed by atoms with Gasteiger partial charge in [0.25, 0.3) is 10.1 Å². The number of pyridine rings is 1. The van der Waals surface area contributed by atoms with Gasteiger partial charge in [0.15, 0.2) is 0 Å². The van der Waals surface area contributed by atoms with E-state index in [0.717, 1.165) is 17.8 Å². The molecule has 2 aromatic rings. The van der Waals surface area contributed by atoms with Crippen LogP contribution < -0.4 is 4.90 Å². The van der Waals surface area contributed by atoms with Crippen molar-refractivity contribution in [2.75, 3.05) is 18.0 Å². The smallest absolute Gasteiger partial charge is 0.297 e. The van der Waals surface area contributed by atoms with Gasteiger partial charge in [-0.25, -0.2) is 4.98 Å². The van der Waals surface area contributed by atoms with Gasteiger partial charge in [-0.05, 0) is 37.1 Å². The maximum Gasteiger partial charge on any atom is 0.297 e. The molecule has 1 saturated heterocycles. The molecular formula is C17H20N2O3S. The maximum absolute atomic E-state index is 12.2. The van der Waals surface area contributed by atoms with Gasteiger partial charge >= 0.3 is 0 Å². The Morgan fingerprint density at radius 2 is 1.87 bits per heavy atom. The van der Waals surface area contributed by atoms with Crippen LogP contribution in [-0.2, 0) is 20.7 Å². The van der Waals surface area contributed by atoms with Gasteiger partial charge in [0.2, 0.25) is 0 Å². The summed E-state index contributed by atoms with van der Waals surface area (Å²) in [5.41, 5.74) is 2.20. The molecule has 0 spiro atoms. The third-order valence-corrected chi connectivity index (χ3v) is 5.34. The largest absolute Gasteiger partial charge is 0.351 e. The van der Waals surface area contributed by atoms with E-state index in [1.807, 2.05) is 30.2 Å². The fourth-order valence-electron chi connectivity index (χ4n) is 2.44. The van der Waals surface area contributed by atoms with Crippen LogP contribution in [0.25, 0.3) is 0 Å². The molecular weight excluding hydrogens is 312 g/mol. The highest BCUT2D eigenvalue weighted by Gasteiger charge is 2.33. The van der Waals surface area contributed by atoms with Crippen molar-refractivity contribution in [1.82, 2.24) is 4.98 Å². The average Bonchev–Trinajstić information content (AvgIpc) is 2.51. The van der Waals surface area contributed by atoms with Crippen molar-refractivity contribution in [1.29, 1.82) is 0 Å². The van der Waals surface area contributed by atoms with E-state index < -0.39 is 10.1 Å². The van der Waals surface area contributed by atoms with Gasteiger partial charge in [0, 0.05) is 19.3 Å². The lowest BCUT2D eigenvalue weighted by Crippen LogP contribution is -2.53. The first-order valence-electron chi connectivity index (χ1n) is 7.68. The number of hydrogen-bond donors (Lipinski definition) is 0. The van der Waals surface area contributed by atoms with Gasteiger partial charge in [0.05, 0.1) is 4.90 Å². The van der Waals surface area contributed by atoms with Crippen LogP contribution in [0.1, 0.15) is 18.1 Å². The van der Waals surface area contributed by atoms with Crippen LogP contribution in [0.3, 0.4) is 0 Å². The predicted molar refractivity (Wildman–Crippen MR) is 89.1 cm³/mol. The van der Waals surface area contributed by atoms with Gasteiger partial charge in [0.1, 0.15) is 11.9 Å². The summed E-state index contributed by atoms with van der Waals surface area (Å²) in [5, 5.41) is 0. The minimum Gasteiger partial charge on any atom is -0.351 e. The van der Waals surface area contributed by atoms with E-state index in [1.54, 1.807) is 24.3 Å². The Hall–Kier alpha value is -1.92. The summed E-state index contributed by atoms with van der Waals surface area (Å²) < 4.78 is 29.7. The molecule has 23 heavy (non-hydrogen) atoms. The molecule has 0 atom stereocenters. The Morgan fingerprint density at radius 1 is 1.17 bits per heavy atom. The molecule has 0 unspecified atom stereocenters. The molecule has 2 heterocycles. The van der Waals surface area contributed by atoms with Crippen molar-refractivity contribution in [3.05, 3.63) is 53.7 Å². The summed E-state index contributed by atoms with van der Waals surface area (Å²) in [6, 6.07) is 10.7. The fraction of sp³-hybridized carbons (Fsp3) is 0.353. The Labute approximate surface area is 137 Å².